The number of nitrogens with one attached hydrogen (secondary N) is 1. The summed E-state index contributed by atoms with van der Waals surface area (Å²) >= 11 is 1.23. The van der Waals surface area contributed by atoms with Gasteiger partial charge in [0.2, 0.25) is 18.5 Å². The maximum Gasteiger partial charge on any atom is 0.236 e. The smallest absolute Gasteiger partial charge is 0.236 e. The van der Waals surface area contributed by atoms with Gasteiger partial charge >= 0.3 is 0 Å². The average Bonchev–Trinajstić information content (AvgIpc) is 3.47. The molecule has 0 bridgehead atoms. The maximum atomic E-state index is 13.7. The van der Waals surface area contributed by atoms with Crippen LogP contribution < -0.4 is 14.8 Å². The van der Waals surface area contributed by atoms with E-state index in [1.807, 2.05) is 72.8 Å². The first kappa shape index (κ1) is 25.3. The number of anilines is 1. The first-order valence-electron chi connectivity index (χ1n) is 13.5. The first-order chi connectivity index (χ1) is 19.1. The number of ether oxygens (including phenoxy) is 2. The van der Waals surface area contributed by atoms with E-state index in [1.165, 1.54) is 29.7 Å². The number of hydrogen-bond acceptors (Lipinski definition) is 6. The molecule has 1 N–H and O–H groups in total. The fourth-order valence-corrected chi connectivity index (χ4v) is 5.98. The van der Waals surface area contributed by atoms with E-state index in [4.69, 9.17) is 14.5 Å². The molecule has 39 heavy (non-hydrogen) atoms. The number of unbranched alkanes of at least 4 members (excludes halogenated alkanes) is 2. The van der Waals surface area contributed by atoms with Crippen LogP contribution in [0.4, 0.5) is 5.13 Å². The number of amides is 1. The zero-order valence-electron chi connectivity index (χ0n) is 21.9. The zero-order chi connectivity index (χ0) is 26.8. The minimum Gasteiger partial charge on any atom is -0.454 e. The summed E-state index contributed by atoms with van der Waals surface area (Å²) in [6, 6.07) is 23.2. The van der Waals surface area contributed by atoms with Gasteiger partial charge < -0.3 is 14.8 Å². The van der Waals surface area contributed by atoms with Crippen LogP contribution in [0.15, 0.2) is 72.8 Å². The number of ketones is 1. The van der Waals surface area contributed by atoms with Gasteiger partial charge in [-0.1, -0.05) is 91.8 Å². The number of aryl methyl sites for hydroxylation is 1. The molecule has 7 heteroatoms. The van der Waals surface area contributed by atoms with Gasteiger partial charge in [-0.05, 0) is 48.9 Å². The topological polar surface area (TPSA) is 77.5 Å². The first-order valence-corrected chi connectivity index (χ1v) is 14.3. The van der Waals surface area contributed by atoms with E-state index in [9.17, 15) is 9.59 Å². The van der Waals surface area contributed by atoms with Crippen LogP contribution in [-0.4, -0.2) is 23.5 Å². The minimum atomic E-state index is -0.628. The summed E-state index contributed by atoms with van der Waals surface area (Å²) in [5.41, 5.74) is 3.55. The van der Waals surface area contributed by atoms with Gasteiger partial charge in [0.15, 0.2) is 16.6 Å². The Balaban J connectivity index is 1.26. The number of rotatable bonds is 10. The summed E-state index contributed by atoms with van der Waals surface area (Å²) in [6.07, 6.45) is 6.03. The second-order valence-corrected chi connectivity index (χ2v) is 11.1. The Labute approximate surface area is 232 Å². The van der Waals surface area contributed by atoms with Crippen molar-refractivity contribution in [2.24, 2.45) is 0 Å². The Bertz CT molecular complexity index is 1510. The number of benzene rings is 3. The third-order valence-electron chi connectivity index (χ3n) is 7.50. The molecule has 1 aromatic heterocycles. The average molecular weight is 539 g/mol. The third-order valence-corrected chi connectivity index (χ3v) is 8.47. The molecule has 0 radical (unpaired) electrons. The van der Waals surface area contributed by atoms with Gasteiger partial charge in [0.1, 0.15) is 4.88 Å². The molecule has 6 nitrogen and oxygen atoms in total. The van der Waals surface area contributed by atoms with Crippen molar-refractivity contribution < 1.29 is 19.1 Å². The lowest BCUT2D eigenvalue weighted by molar-refractivity contribution is -0.118. The maximum absolute atomic E-state index is 13.7. The number of carbonyl (C=O) groups is 2. The van der Waals surface area contributed by atoms with Gasteiger partial charge in [-0.25, -0.2) is 4.98 Å². The predicted molar refractivity (Wildman–Crippen MR) is 153 cm³/mol. The molecule has 1 amide bonds. The van der Waals surface area contributed by atoms with E-state index in [1.54, 1.807) is 0 Å². The molecule has 198 valence electrons. The van der Waals surface area contributed by atoms with Crippen molar-refractivity contribution in [3.63, 3.8) is 0 Å². The molecule has 4 aromatic rings. The Morgan fingerprint density at radius 1 is 0.949 bits per heavy atom. The van der Waals surface area contributed by atoms with Crippen LogP contribution in [0, 0.1) is 0 Å². The molecule has 1 aliphatic heterocycles. The Hall–Kier alpha value is -3.97. The van der Waals surface area contributed by atoms with Crippen LogP contribution in [0.1, 0.15) is 65.4 Å². The second-order valence-electron chi connectivity index (χ2n) is 10.2. The Morgan fingerprint density at radius 2 is 1.72 bits per heavy atom. The molecule has 6 rings (SSSR count). The molecule has 0 unspecified atom stereocenters. The van der Waals surface area contributed by atoms with Gasteiger partial charge in [-0.2, -0.15) is 0 Å². The largest absolute Gasteiger partial charge is 0.454 e. The van der Waals surface area contributed by atoms with Crippen molar-refractivity contribution >= 4 is 28.2 Å². The van der Waals surface area contributed by atoms with E-state index in [2.05, 4.69) is 12.2 Å². The lowest BCUT2D eigenvalue weighted by atomic mass is 9.94. The summed E-state index contributed by atoms with van der Waals surface area (Å²) in [7, 11) is 0. The molecule has 2 aliphatic rings. The standard InChI is InChI=1S/C32H30N2O4S/c1-2-3-5-8-21-11-13-23(14-12-21)28(35)29-27(22-9-6-4-7-10-22)33-31(39-29)34-30(36)32(17-18-32)24-15-16-25-26(19-24)38-20-37-25/h4,6-7,9-16,19H,2-3,5,8,17-18,20H2,1H3,(H,33,34,36). The van der Waals surface area contributed by atoms with Crippen molar-refractivity contribution in [3.05, 3.63) is 94.4 Å². The van der Waals surface area contributed by atoms with Crippen LogP contribution >= 0.6 is 11.3 Å². The molecule has 2 heterocycles. The van der Waals surface area contributed by atoms with Crippen LogP contribution in [0.3, 0.4) is 0 Å². The molecule has 1 fully saturated rings. The second kappa shape index (κ2) is 10.7. The number of aromatic nitrogens is 1. The molecule has 1 saturated carbocycles. The van der Waals surface area contributed by atoms with Gasteiger partial charge in [0.25, 0.3) is 0 Å². The van der Waals surface area contributed by atoms with Crippen molar-refractivity contribution in [2.45, 2.75) is 50.9 Å². The molecule has 0 spiro atoms. The van der Waals surface area contributed by atoms with Crippen molar-refractivity contribution in [2.75, 3.05) is 12.1 Å². The van der Waals surface area contributed by atoms with Gasteiger partial charge in [-0.3, -0.25) is 9.59 Å². The predicted octanol–water partition coefficient (Wildman–Crippen LogP) is 7.17. The Kier molecular flexibility index (Phi) is 6.92. The molecule has 1 aliphatic carbocycles. The number of thiazole rings is 1. The zero-order valence-corrected chi connectivity index (χ0v) is 22.7. The van der Waals surface area contributed by atoms with Crippen molar-refractivity contribution in [1.29, 1.82) is 0 Å². The van der Waals surface area contributed by atoms with Gasteiger partial charge in [0.05, 0.1) is 11.1 Å². The summed E-state index contributed by atoms with van der Waals surface area (Å²) in [5, 5.41) is 3.45. The van der Waals surface area contributed by atoms with E-state index < -0.39 is 5.41 Å². The highest BCUT2D eigenvalue weighted by Gasteiger charge is 2.52. The van der Waals surface area contributed by atoms with Crippen LogP contribution in [-0.2, 0) is 16.6 Å². The van der Waals surface area contributed by atoms with Gasteiger partial charge in [-0.15, -0.1) is 0 Å². The molecular weight excluding hydrogens is 508 g/mol. The van der Waals surface area contributed by atoms with Gasteiger partial charge in [0, 0.05) is 11.1 Å². The quantitative estimate of drug-likeness (QED) is 0.171. The lowest BCUT2D eigenvalue weighted by Crippen LogP contribution is -2.27. The monoisotopic (exact) mass is 538 g/mol. The van der Waals surface area contributed by atoms with E-state index >= 15 is 0 Å². The lowest BCUT2D eigenvalue weighted by Gasteiger charge is -2.15. The summed E-state index contributed by atoms with van der Waals surface area (Å²) in [5.74, 6) is 1.14. The fourth-order valence-electron chi connectivity index (χ4n) is 5.03. The number of hydrogen-bond donors (Lipinski definition) is 1. The fraction of sp³-hybridized carbons (Fsp3) is 0.281. The molecule has 0 atom stereocenters. The molecular formula is C32H30N2O4S. The van der Waals surface area contributed by atoms with E-state index in [0.29, 0.717) is 32.8 Å². The summed E-state index contributed by atoms with van der Waals surface area (Å²) < 4.78 is 11.0. The van der Waals surface area contributed by atoms with E-state index in [-0.39, 0.29) is 18.5 Å². The number of nitrogens with zero attached hydrogens (tertiary/aromatic N) is 1. The number of fused-ring (bicyclic) bond motifs is 1. The molecule has 0 saturated heterocycles. The summed E-state index contributed by atoms with van der Waals surface area (Å²) in [4.78, 5) is 32.5. The third kappa shape index (κ3) is 5.06. The SMILES string of the molecule is CCCCCc1ccc(C(=O)c2sc(NC(=O)C3(c4ccc5c(c4)OCO5)CC3)nc2-c2ccccc2)cc1. The Morgan fingerprint density at radius 3 is 2.46 bits per heavy atom. The van der Waals surface area contributed by atoms with Crippen LogP contribution in [0.2, 0.25) is 0 Å². The summed E-state index contributed by atoms with van der Waals surface area (Å²) in [6.45, 7) is 2.39. The van der Waals surface area contributed by atoms with Crippen molar-refractivity contribution in [3.8, 4) is 22.8 Å². The highest BCUT2D eigenvalue weighted by Crippen LogP contribution is 2.51. The highest BCUT2D eigenvalue weighted by atomic mass is 32.1. The normalized spacial score (nSPS) is 14.7. The molecule has 3 aromatic carbocycles. The van der Waals surface area contributed by atoms with E-state index in [0.717, 1.165) is 36.8 Å². The van der Waals surface area contributed by atoms with Crippen molar-refractivity contribution in [1.82, 2.24) is 4.98 Å². The highest BCUT2D eigenvalue weighted by molar-refractivity contribution is 7.18. The minimum absolute atomic E-state index is 0.0936. The number of carbonyl (C=O) groups excluding carboxylic acids is 2. The van der Waals surface area contributed by atoms with Crippen LogP contribution in [0.25, 0.3) is 11.3 Å². The van der Waals surface area contributed by atoms with Crippen LogP contribution in [0.5, 0.6) is 11.5 Å².